The van der Waals surface area contributed by atoms with E-state index >= 15 is 0 Å². The van der Waals surface area contributed by atoms with Crippen molar-refractivity contribution in [3.05, 3.63) is 23.0 Å². The van der Waals surface area contributed by atoms with Crippen LogP contribution in [0.1, 0.15) is 40.0 Å². The summed E-state index contributed by atoms with van der Waals surface area (Å²) in [5, 5.41) is 10.1. The van der Waals surface area contributed by atoms with E-state index in [0.717, 1.165) is 24.0 Å². The van der Waals surface area contributed by atoms with Crippen molar-refractivity contribution in [1.29, 1.82) is 0 Å². The Kier molecular flexibility index (Phi) is 3.07. The molecule has 1 atom stereocenters. The van der Waals surface area contributed by atoms with Gasteiger partial charge in [0.25, 0.3) is 0 Å². The number of hydrogen-bond acceptors (Lipinski definition) is 4. The van der Waals surface area contributed by atoms with Crippen LogP contribution >= 0.6 is 0 Å². The molecule has 0 amide bonds. The molecule has 1 N–H and O–H groups in total. The third-order valence-electron chi connectivity index (χ3n) is 5.10. The van der Waals surface area contributed by atoms with E-state index in [1.807, 2.05) is 6.92 Å². The first-order valence-electron chi connectivity index (χ1n) is 7.30. The zero-order valence-corrected chi connectivity index (χ0v) is 12.4. The number of Topliss-reactive ketones (excluding diaryl/α,β-unsaturated/α-hetero) is 1. The molecule has 0 radical (unpaired) electrons. The van der Waals surface area contributed by atoms with E-state index in [1.165, 1.54) is 0 Å². The molecule has 4 nitrogen and oxygen atoms in total. The van der Waals surface area contributed by atoms with Gasteiger partial charge in [-0.15, -0.1) is 0 Å². The number of rotatable bonds is 0. The molecule has 0 saturated carbocycles. The number of aliphatic hydroxyl groups excluding tert-OH is 1. The smallest absolute Gasteiger partial charge is 0.223 e. The summed E-state index contributed by atoms with van der Waals surface area (Å²) in [6.45, 7) is 7.28. The second-order valence-electron chi connectivity index (χ2n) is 6.60. The number of carbonyl (C=O) groups excluding carboxylic acids is 1. The zero-order valence-electron chi connectivity index (χ0n) is 12.4. The SMILES string of the molecule is CC1=C2C(=O)/C(O)=C\CC3(OCCO3)C(CC1)C2(C)C. The van der Waals surface area contributed by atoms with Crippen LogP contribution in [0.2, 0.25) is 0 Å². The van der Waals surface area contributed by atoms with Crippen LogP contribution in [-0.4, -0.2) is 29.9 Å². The number of fused-ring (bicyclic) bond motifs is 3. The maximum atomic E-state index is 12.5. The summed E-state index contributed by atoms with van der Waals surface area (Å²) in [5.41, 5.74) is 1.46. The topological polar surface area (TPSA) is 55.8 Å². The summed E-state index contributed by atoms with van der Waals surface area (Å²) >= 11 is 0. The highest BCUT2D eigenvalue weighted by atomic mass is 16.7. The quantitative estimate of drug-likeness (QED) is 0.740. The van der Waals surface area contributed by atoms with Gasteiger partial charge < -0.3 is 14.6 Å². The van der Waals surface area contributed by atoms with Crippen molar-refractivity contribution in [2.75, 3.05) is 13.2 Å². The standard InChI is InChI=1S/C16H22O4/c1-10-4-5-12-15(2,3)13(10)14(18)11(17)6-7-16(12)19-8-9-20-16/h6,12,17H,4-5,7-9H2,1-3H3/b11-6+. The average molecular weight is 278 g/mol. The predicted molar refractivity (Wildman–Crippen MR) is 74.2 cm³/mol. The van der Waals surface area contributed by atoms with Crippen molar-refractivity contribution < 1.29 is 19.4 Å². The van der Waals surface area contributed by atoms with Crippen LogP contribution in [0.15, 0.2) is 23.0 Å². The van der Waals surface area contributed by atoms with Gasteiger partial charge in [-0.05, 0) is 25.8 Å². The molecule has 0 aromatic heterocycles. The van der Waals surface area contributed by atoms with Crippen molar-refractivity contribution in [1.82, 2.24) is 0 Å². The van der Waals surface area contributed by atoms with Gasteiger partial charge in [-0.1, -0.05) is 19.4 Å². The molecule has 1 saturated heterocycles. The number of carbonyl (C=O) groups is 1. The first-order chi connectivity index (χ1) is 9.38. The molecule has 1 spiro atoms. The van der Waals surface area contributed by atoms with Crippen LogP contribution in [0.4, 0.5) is 0 Å². The zero-order chi connectivity index (χ0) is 14.5. The Labute approximate surface area is 119 Å². The third-order valence-corrected chi connectivity index (χ3v) is 5.10. The van der Waals surface area contributed by atoms with Gasteiger partial charge in [-0.2, -0.15) is 0 Å². The van der Waals surface area contributed by atoms with Gasteiger partial charge in [0, 0.05) is 23.3 Å². The van der Waals surface area contributed by atoms with Gasteiger partial charge in [0.05, 0.1) is 13.2 Å². The monoisotopic (exact) mass is 278 g/mol. The number of ketones is 1. The first-order valence-corrected chi connectivity index (χ1v) is 7.30. The minimum atomic E-state index is -0.690. The van der Waals surface area contributed by atoms with Crippen LogP contribution in [0.3, 0.4) is 0 Å². The largest absolute Gasteiger partial charge is 0.504 e. The van der Waals surface area contributed by atoms with Crippen LogP contribution in [-0.2, 0) is 14.3 Å². The molecule has 1 fully saturated rings. The van der Waals surface area contributed by atoms with E-state index in [-0.39, 0.29) is 22.9 Å². The van der Waals surface area contributed by atoms with Gasteiger partial charge in [0.1, 0.15) is 0 Å². The molecule has 2 bridgehead atoms. The van der Waals surface area contributed by atoms with E-state index < -0.39 is 5.79 Å². The van der Waals surface area contributed by atoms with E-state index in [9.17, 15) is 9.90 Å². The summed E-state index contributed by atoms with van der Waals surface area (Å²) in [6, 6.07) is 0. The highest BCUT2D eigenvalue weighted by Gasteiger charge is 2.55. The lowest BCUT2D eigenvalue weighted by atomic mass is 9.60. The molecular formula is C16H22O4. The van der Waals surface area contributed by atoms with Crippen molar-refractivity contribution in [3.63, 3.8) is 0 Å². The lowest BCUT2D eigenvalue weighted by Gasteiger charge is -2.49. The van der Waals surface area contributed by atoms with Gasteiger partial charge >= 0.3 is 0 Å². The number of ether oxygens (including phenoxy) is 2. The summed E-state index contributed by atoms with van der Waals surface area (Å²) < 4.78 is 11.9. The fourth-order valence-electron chi connectivity index (χ4n) is 4.22. The molecular weight excluding hydrogens is 256 g/mol. The summed E-state index contributed by atoms with van der Waals surface area (Å²) in [5.74, 6) is -0.967. The average Bonchev–Trinajstić information content (AvgIpc) is 2.83. The van der Waals surface area contributed by atoms with Crippen molar-refractivity contribution in [2.45, 2.75) is 45.8 Å². The fraction of sp³-hybridized carbons (Fsp3) is 0.688. The third kappa shape index (κ3) is 1.78. The second-order valence-corrected chi connectivity index (χ2v) is 6.60. The molecule has 0 aromatic rings. The Balaban J connectivity index is 2.18. The van der Waals surface area contributed by atoms with Crippen LogP contribution in [0, 0.1) is 11.3 Å². The van der Waals surface area contributed by atoms with Crippen molar-refractivity contribution in [3.8, 4) is 0 Å². The van der Waals surface area contributed by atoms with E-state index in [2.05, 4.69) is 13.8 Å². The molecule has 110 valence electrons. The summed E-state index contributed by atoms with van der Waals surface area (Å²) in [4.78, 5) is 12.5. The van der Waals surface area contributed by atoms with E-state index in [4.69, 9.17) is 9.47 Å². The molecule has 3 rings (SSSR count). The molecule has 20 heavy (non-hydrogen) atoms. The van der Waals surface area contributed by atoms with Crippen LogP contribution < -0.4 is 0 Å². The highest BCUT2D eigenvalue weighted by molar-refractivity contribution is 6.08. The molecule has 0 aromatic carbocycles. The Bertz CT molecular complexity index is 507. The molecule has 4 heteroatoms. The molecule has 1 unspecified atom stereocenters. The Morgan fingerprint density at radius 2 is 1.95 bits per heavy atom. The summed E-state index contributed by atoms with van der Waals surface area (Å²) in [6.07, 6.45) is 3.81. The Hall–Kier alpha value is -1.13. The van der Waals surface area contributed by atoms with E-state index in [1.54, 1.807) is 6.08 Å². The molecule has 1 aliphatic heterocycles. The number of aliphatic hydroxyl groups is 1. The Morgan fingerprint density at radius 1 is 1.30 bits per heavy atom. The molecule has 2 aliphatic carbocycles. The molecule has 3 aliphatic rings. The van der Waals surface area contributed by atoms with Crippen LogP contribution in [0.5, 0.6) is 0 Å². The summed E-state index contributed by atoms with van der Waals surface area (Å²) in [7, 11) is 0. The predicted octanol–water partition coefficient (Wildman–Crippen LogP) is 2.90. The minimum absolute atomic E-state index is 0.129. The fourth-order valence-corrected chi connectivity index (χ4v) is 4.22. The molecule has 1 heterocycles. The van der Waals surface area contributed by atoms with Gasteiger partial charge in [-0.3, -0.25) is 4.79 Å². The van der Waals surface area contributed by atoms with Crippen LogP contribution in [0.25, 0.3) is 0 Å². The normalized spacial score (nSPS) is 34.6. The lowest BCUT2D eigenvalue weighted by Crippen LogP contribution is -2.51. The number of allylic oxidation sites excluding steroid dienone is 2. The van der Waals surface area contributed by atoms with Crippen molar-refractivity contribution >= 4 is 5.78 Å². The minimum Gasteiger partial charge on any atom is -0.504 e. The number of hydrogen-bond donors (Lipinski definition) is 1. The maximum Gasteiger partial charge on any atom is 0.223 e. The van der Waals surface area contributed by atoms with Gasteiger partial charge in [0.15, 0.2) is 11.5 Å². The Morgan fingerprint density at radius 3 is 2.60 bits per heavy atom. The maximum absolute atomic E-state index is 12.5. The first kappa shape index (κ1) is 13.8. The highest BCUT2D eigenvalue weighted by Crippen LogP contribution is 2.54. The van der Waals surface area contributed by atoms with Gasteiger partial charge in [-0.25, -0.2) is 0 Å². The lowest BCUT2D eigenvalue weighted by molar-refractivity contribution is -0.217. The van der Waals surface area contributed by atoms with Crippen molar-refractivity contribution in [2.24, 2.45) is 11.3 Å². The van der Waals surface area contributed by atoms with Gasteiger partial charge in [0.2, 0.25) is 5.78 Å². The van der Waals surface area contributed by atoms with E-state index in [0.29, 0.717) is 19.6 Å². The second kappa shape index (κ2) is 4.43.